The first-order chi connectivity index (χ1) is 18.6. The zero-order valence-corrected chi connectivity index (χ0v) is 21.4. The number of amides is 1. The highest BCUT2D eigenvalue weighted by atomic mass is 19.1. The van der Waals surface area contributed by atoms with Gasteiger partial charge in [0.05, 0.1) is 26.4 Å². The predicted octanol–water partition coefficient (Wildman–Crippen LogP) is 3.26. The van der Waals surface area contributed by atoms with Gasteiger partial charge in [0.2, 0.25) is 13.1 Å². The molecule has 3 atom stereocenters. The Morgan fingerprint density at radius 3 is 2.58 bits per heavy atom. The molecular formula is C28H34FNO8. The van der Waals surface area contributed by atoms with Crippen LogP contribution in [0.2, 0.25) is 0 Å². The summed E-state index contributed by atoms with van der Waals surface area (Å²) in [6.07, 6.45) is 1.73. The number of aliphatic hydroxyl groups excluding tert-OH is 1. The van der Waals surface area contributed by atoms with Gasteiger partial charge in [0, 0.05) is 31.6 Å². The normalized spacial score (nSPS) is 20.1. The Kier molecular flexibility index (Phi) is 10.3. The van der Waals surface area contributed by atoms with Crippen LogP contribution in [0.15, 0.2) is 54.3 Å². The number of nitrogens with one attached hydrogen (secondary N) is 1. The minimum Gasteiger partial charge on any atom is -0.459 e. The van der Waals surface area contributed by atoms with E-state index >= 15 is 0 Å². The maximum atomic E-state index is 13.2. The molecular weight excluding hydrogens is 497 g/mol. The van der Waals surface area contributed by atoms with Crippen LogP contribution in [0.25, 0.3) is 0 Å². The van der Waals surface area contributed by atoms with Crippen LogP contribution in [0.5, 0.6) is 11.5 Å². The smallest absolute Gasteiger partial charge is 0.286 e. The second-order valence-corrected chi connectivity index (χ2v) is 8.82. The van der Waals surface area contributed by atoms with Crippen molar-refractivity contribution in [3.05, 3.63) is 71.2 Å². The van der Waals surface area contributed by atoms with Crippen LogP contribution in [0.4, 0.5) is 4.39 Å². The molecule has 10 heteroatoms. The average Bonchev–Trinajstić information content (AvgIpc) is 3.40. The van der Waals surface area contributed by atoms with Crippen molar-refractivity contribution >= 4 is 5.91 Å². The lowest BCUT2D eigenvalue weighted by Gasteiger charge is -2.37. The summed E-state index contributed by atoms with van der Waals surface area (Å²) in [6, 6.07) is 11.7. The molecule has 2 heterocycles. The van der Waals surface area contributed by atoms with E-state index in [1.807, 2.05) is 31.2 Å². The zero-order chi connectivity index (χ0) is 26.7. The quantitative estimate of drug-likeness (QED) is 0.358. The largest absolute Gasteiger partial charge is 0.459 e. The van der Waals surface area contributed by atoms with Crippen LogP contribution in [0, 0.1) is 11.7 Å². The lowest BCUT2D eigenvalue weighted by atomic mass is 9.81. The lowest BCUT2D eigenvalue weighted by molar-refractivity contribution is -0.168. The van der Waals surface area contributed by atoms with Gasteiger partial charge in [0.1, 0.15) is 5.82 Å². The summed E-state index contributed by atoms with van der Waals surface area (Å²) in [5.41, 5.74) is 1.70. The fourth-order valence-corrected chi connectivity index (χ4v) is 4.42. The van der Waals surface area contributed by atoms with Gasteiger partial charge < -0.3 is 38.8 Å². The number of allylic oxidation sites excluding steroid dienone is 1. The van der Waals surface area contributed by atoms with E-state index in [0.717, 1.165) is 11.1 Å². The van der Waals surface area contributed by atoms with Crippen molar-refractivity contribution in [2.24, 2.45) is 5.92 Å². The first kappa shape index (κ1) is 27.8. The van der Waals surface area contributed by atoms with Crippen molar-refractivity contribution in [2.75, 3.05) is 46.4 Å². The van der Waals surface area contributed by atoms with Gasteiger partial charge in [-0.25, -0.2) is 4.39 Å². The fourth-order valence-electron chi connectivity index (χ4n) is 4.42. The number of fused-ring (bicyclic) bond motifs is 1. The van der Waals surface area contributed by atoms with Crippen molar-refractivity contribution in [2.45, 2.75) is 32.1 Å². The number of carbonyl (C=O) groups excluding carboxylic acids is 1. The summed E-state index contributed by atoms with van der Waals surface area (Å²) >= 11 is 0. The molecule has 2 aromatic rings. The Bertz CT molecular complexity index is 1080. The van der Waals surface area contributed by atoms with Gasteiger partial charge in [-0.1, -0.05) is 18.2 Å². The second kappa shape index (κ2) is 14.1. The maximum absolute atomic E-state index is 13.2. The molecule has 2 aliphatic heterocycles. The maximum Gasteiger partial charge on any atom is 0.286 e. The number of hydrogen-bond acceptors (Lipinski definition) is 8. The molecule has 2 aromatic carbocycles. The highest BCUT2D eigenvalue weighted by molar-refractivity contribution is 5.91. The molecule has 1 amide bonds. The average molecular weight is 532 g/mol. The van der Waals surface area contributed by atoms with E-state index in [1.54, 1.807) is 12.1 Å². The van der Waals surface area contributed by atoms with E-state index in [0.29, 0.717) is 44.3 Å². The van der Waals surface area contributed by atoms with E-state index in [2.05, 4.69) is 5.32 Å². The highest BCUT2D eigenvalue weighted by Gasteiger charge is 2.38. The zero-order valence-electron chi connectivity index (χ0n) is 21.4. The molecule has 206 valence electrons. The molecule has 2 N–H and O–H groups in total. The molecule has 0 radical (unpaired) electrons. The van der Waals surface area contributed by atoms with E-state index in [-0.39, 0.29) is 55.9 Å². The molecule has 38 heavy (non-hydrogen) atoms. The predicted molar refractivity (Wildman–Crippen MR) is 135 cm³/mol. The van der Waals surface area contributed by atoms with E-state index < -0.39 is 6.29 Å². The third kappa shape index (κ3) is 7.44. The van der Waals surface area contributed by atoms with Crippen LogP contribution >= 0.6 is 0 Å². The lowest BCUT2D eigenvalue weighted by Crippen LogP contribution is -2.39. The Morgan fingerprint density at radius 2 is 1.82 bits per heavy atom. The third-order valence-corrected chi connectivity index (χ3v) is 6.29. The van der Waals surface area contributed by atoms with Gasteiger partial charge in [-0.3, -0.25) is 4.79 Å². The molecule has 0 saturated heterocycles. The molecule has 0 unspecified atom stereocenters. The summed E-state index contributed by atoms with van der Waals surface area (Å²) in [7, 11) is 0. The summed E-state index contributed by atoms with van der Waals surface area (Å²) < 4.78 is 47.3. The standard InChI is InChI=1S/C28H34FNO8/c1-2-35-28-22(9-11-33-13-14-34-12-10-31)23(20-5-8-24-25(15-20)37-18-36-24)16-26(38-28)27(32)30-17-19-3-6-21(29)7-4-19/h3-8,15-16,22-23,28,31H,2,9-14,17-18H2,1H3,(H,30,32)/t22-,23+,28+/m1/s1. The van der Waals surface area contributed by atoms with Gasteiger partial charge in [-0.2, -0.15) is 0 Å². The van der Waals surface area contributed by atoms with Crippen LogP contribution in [0.1, 0.15) is 30.4 Å². The summed E-state index contributed by atoms with van der Waals surface area (Å²) in [6.45, 7) is 4.12. The van der Waals surface area contributed by atoms with Crippen LogP contribution in [0.3, 0.4) is 0 Å². The molecule has 0 aliphatic carbocycles. The topological polar surface area (TPSA) is 105 Å². The number of hydrogen-bond donors (Lipinski definition) is 2. The van der Waals surface area contributed by atoms with Crippen molar-refractivity contribution in [1.82, 2.24) is 5.32 Å². The third-order valence-electron chi connectivity index (χ3n) is 6.29. The highest BCUT2D eigenvalue weighted by Crippen LogP contribution is 2.42. The molecule has 4 rings (SSSR count). The van der Waals surface area contributed by atoms with Crippen LogP contribution in [-0.2, 0) is 30.3 Å². The number of ether oxygens (including phenoxy) is 6. The molecule has 0 fully saturated rings. The monoisotopic (exact) mass is 531 g/mol. The minimum absolute atomic E-state index is 0.0290. The minimum atomic E-state index is -0.679. The first-order valence-electron chi connectivity index (χ1n) is 12.8. The number of aliphatic hydroxyl groups is 1. The SMILES string of the molecule is CCO[C@H]1OC(C(=O)NCc2ccc(F)cc2)=C[C@@H](c2ccc3c(c2)OCO3)[C@H]1CCOCCOCCO. The molecule has 0 bridgehead atoms. The first-order valence-corrected chi connectivity index (χ1v) is 12.8. The van der Waals surface area contributed by atoms with Crippen molar-refractivity contribution in [1.29, 1.82) is 0 Å². The second-order valence-electron chi connectivity index (χ2n) is 8.82. The fraction of sp³-hybridized carbons (Fsp3) is 0.464. The number of rotatable bonds is 14. The van der Waals surface area contributed by atoms with E-state index in [4.69, 9.17) is 33.5 Å². The Balaban J connectivity index is 1.51. The number of carbonyl (C=O) groups is 1. The summed E-state index contributed by atoms with van der Waals surface area (Å²) in [5.74, 6) is 0.373. The van der Waals surface area contributed by atoms with Crippen LogP contribution in [-0.4, -0.2) is 63.7 Å². The summed E-state index contributed by atoms with van der Waals surface area (Å²) in [5, 5.41) is 11.7. The van der Waals surface area contributed by atoms with Gasteiger partial charge in [-0.15, -0.1) is 0 Å². The Labute approximate surface area is 221 Å². The molecule has 2 aliphatic rings. The molecule has 0 spiro atoms. The van der Waals surface area contributed by atoms with E-state index in [9.17, 15) is 9.18 Å². The van der Waals surface area contributed by atoms with E-state index in [1.165, 1.54) is 12.1 Å². The summed E-state index contributed by atoms with van der Waals surface area (Å²) in [4.78, 5) is 13.1. The Morgan fingerprint density at radius 1 is 1.05 bits per heavy atom. The van der Waals surface area contributed by atoms with Crippen molar-refractivity contribution < 1.29 is 42.7 Å². The molecule has 9 nitrogen and oxygen atoms in total. The van der Waals surface area contributed by atoms with Gasteiger partial charge >= 0.3 is 0 Å². The van der Waals surface area contributed by atoms with Gasteiger partial charge in [-0.05, 0) is 54.8 Å². The molecule has 0 aromatic heterocycles. The Hall–Kier alpha value is -3.18. The van der Waals surface area contributed by atoms with Gasteiger partial charge in [0.25, 0.3) is 5.91 Å². The number of halogens is 1. The van der Waals surface area contributed by atoms with Crippen molar-refractivity contribution in [3.63, 3.8) is 0 Å². The molecule has 0 saturated carbocycles. The van der Waals surface area contributed by atoms with Crippen LogP contribution < -0.4 is 14.8 Å². The van der Waals surface area contributed by atoms with Gasteiger partial charge in [0.15, 0.2) is 17.3 Å². The van der Waals surface area contributed by atoms with Crippen molar-refractivity contribution in [3.8, 4) is 11.5 Å². The number of benzene rings is 2.